The highest BCUT2D eigenvalue weighted by molar-refractivity contribution is 5.73. The van der Waals surface area contributed by atoms with Gasteiger partial charge in [-0.2, -0.15) is 10.2 Å². The Hall–Kier alpha value is -2.89. The van der Waals surface area contributed by atoms with Gasteiger partial charge in [0.1, 0.15) is 6.54 Å². The number of hydrogen-bond acceptors (Lipinski definition) is 3. The van der Waals surface area contributed by atoms with E-state index in [1.54, 1.807) is 12.4 Å². The summed E-state index contributed by atoms with van der Waals surface area (Å²) in [6.45, 7) is 5.86. The van der Waals surface area contributed by atoms with Crippen LogP contribution in [-0.4, -0.2) is 30.6 Å². The van der Waals surface area contributed by atoms with Crippen molar-refractivity contribution in [3.05, 3.63) is 53.6 Å². The molecule has 3 rings (SSSR count). The smallest absolute Gasteiger partial charge is 0.325 e. The number of aryl methyl sites for hydroxylation is 3. The molecule has 1 aromatic carbocycles. The minimum atomic E-state index is -0.915. The van der Waals surface area contributed by atoms with E-state index in [2.05, 4.69) is 16.3 Å². The molecule has 0 aliphatic heterocycles. The van der Waals surface area contributed by atoms with E-state index in [9.17, 15) is 4.79 Å². The lowest BCUT2D eigenvalue weighted by molar-refractivity contribution is -0.137. The Balaban J connectivity index is 2.11. The van der Waals surface area contributed by atoms with Gasteiger partial charge in [-0.1, -0.05) is 12.1 Å². The van der Waals surface area contributed by atoms with Gasteiger partial charge in [0.25, 0.3) is 0 Å². The summed E-state index contributed by atoms with van der Waals surface area (Å²) in [4.78, 5) is 10.8. The topological polar surface area (TPSA) is 72.9 Å². The van der Waals surface area contributed by atoms with E-state index in [1.165, 1.54) is 4.68 Å². The fourth-order valence-corrected chi connectivity index (χ4v) is 2.66. The molecular formula is C17H18N4O2. The molecule has 1 N–H and O–H groups in total. The summed E-state index contributed by atoms with van der Waals surface area (Å²) in [5, 5.41) is 17.6. The van der Waals surface area contributed by atoms with Gasteiger partial charge in [-0.05, 0) is 38.5 Å². The average Bonchev–Trinajstić information content (AvgIpc) is 3.04. The molecule has 0 saturated heterocycles. The molecule has 2 aromatic heterocycles. The molecule has 0 radical (unpaired) electrons. The zero-order valence-corrected chi connectivity index (χ0v) is 13.3. The Morgan fingerprint density at radius 1 is 1.22 bits per heavy atom. The van der Waals surface area contributed by atoms with Gasteiger partial charge in [0.05, 0.1) is 17.6 Å². The quantitative estimate of drug-likeness (QED) is 0.804. The molecule has 23 heavy (non-hydrogen) atoms. The molecule has 6 nitrogen and oxygen atoms in total. The van der Waals surface area contributed by atoms with Crippen molar-refractivity contribution in [3.8, 4) is 16.8 Å². The van der Waals surface area contributed by atoms with Crippen LogP contribution in [0.25, 0.3) is 16.8 Å². The highest BCUT2D eigenvalue weighted by atomic mass is 16.4. The summed E-state index contributed by atoms with van der Waals surface area (Å²) < 4.78 is 3.33. The van der Waals surface area contributed by atoms with Gasteiger partial charge in [0, 0.05) is 23.0 Å². The van der Waals surface area contributed by atoms with E-state index in [0.29, 0.717) is 0 Å². The number of carboxylic acids is 1. The Bertz CT molecular complexity index is 877. The fourth-order valence-electron chi connectivity index (χ4n) is 2.66. The first-order valence-corrected chi connectivity index (χ1v) is 7.33. The van der Waals surface area contributed by atoms with Crippen LogP contribution in [0.2, 0.25) is 0 Å². The van der Waals surface area contributed by atoms with Gasteiger partial charge in [0.2, 0.25) is 0 Å². The number of carboxylic acid groups (broad SMARTS) is 1. The number of aromatic nitrogens is 4. The summed E-state index contributed by atoms with van der Waals surface area (Å²) in [5.74, 6) is -0.915. The first-order chi connectivity index (χ1) is 10.9. The number of nitrogens with zero attached hydrogens (tertiary/aromatic N) is 4. The lowest BCUT2D eigenvalue weighted by atomic mass is 10.0. The number of benzene rings is 1. The molecule has 0 fully saturated rings. The van der Waals surface area contributed by atoms with Crippen molar-refractivity contribution in [3.63, 3.8) is 0 Å². The maximum absolute atomic E-state index is 10.8. The van der Waals surface area contributed by atoms with Crippen LogP contribution in [0.1, 0.15) is 17.0 Å². The van der Waals surface area contributed by atoms with E-state index in [-0.39, 0.29) is 6.54 Å². The zero-order valence-electron chi connectivity index (χ0n) is 13.3. The molecular weight excluding hydrogens is 292 g/mol. The SMILES string of the molecule is Cc1ccc(-c2cnn(CC(=O)O)c2)c(-n2nc(C)cc2C)c1. The number of rotatable bonds is 4. The van der Waals surface area contributed by atoms with Crippen LogP contribution in [0.3, 0.4) is 0 Å². The molecule has 2 heterocycles. The van der Waals surface area contributed by atoms with E-state index < -0.39 is 5.97 Å². The lowest BCUT2D eigenvalue weighted by Crippen LogP contribution is -2.08. The summed E-state index contributed by atoms with van der Waals surface area (Å²) >= 11 is 0. The Labute approximate surface area is 134 Å². The highest BCUT2D eigenvalue weighted by Crippen LogP contribution is 2.28. The molecule has 6 heteroatoms. The normalized spacial score (nSPS) is 10.9. The summed E-state index contributed by atoms with van der Waals surface area (Å²) in [5.41, 5.74) is 5.94. The zero-order chi connectivity index (χ0) is 16.6. The van der Waals surface area contributed by atoms with Crippen LogP contribution in [0.4, 0.5) is 0 Å². The summed E-state index contributed by atoms with van der Waals surface area (Å²) in [7, 11) is 0. The van der Waals surface area contributed by atoms with Crippen LogP contribution in [-0.2, 0) is 11.3 Å². The molecule has 0 aliphatic carbocycles. The van der Waals surface area contributed by atoms with Crippen molar-refractivity contribution in [2.45, 2.75) is 27.3 Å². The second kappa shape index (κ2) is 5.72. The lowest BCUT2D eigenvalue weighted by Gasteiger charge is -2.11. The van der Waals surface area contributed by atoms with Gasteiger partial charge < -0.3 is 5.11 Å². The first-order valence-electron chi connectivity index (χ1n) is 7.33. The molecule has 0 saturated carbocycles. The second-order valence-electron chi connectivity index (χ2n) is 5.68. The minimum absolute atomic E-state index is 0.152. The van der Waals surface area contributed by atoms with Crippen molar-refractivity contribution in [2.75, 3.05) is 0 Å². The van der Waals surface area contributed by atoms with E-state index in [4.69, 9.17) is 5.11 Å². The number of carbonyl (C=O) groups is 1. The van der Waals surface area contributed by atoms with Gasteiger partial charge in [-0.25, -0.2) is 4.68 Å². The van der Waals surface area contributed by atoms with E-state index in [1.807, 2.05) is 43.7 Å². The largest absolute Gasteiger partial charge is 0.480 e. The Morgan fingerprint density at radius 3 is 2.65 bits per heavy atom. The Kier molecular flexibility index (Phi) is 3.73. The fraction of sp³-hybridized carbons (Fsp3) is 0.235. The maximum atomic E-state index is 10.8. The molecule has 0 unspecified atom stereocenters. The summed E-state index contributed by atoms with van der Waals surface area (Å²) in [6.07, 6.45) is 3.43. The van der Waals surface area contributed by atoms with Crippen LogP contribution in [0, 0.1) is 20.8 Å². The highest BCUT2D eigenvalue weighted by Gasteiger charge is 2.13. The van der Waals surface area contributed by atoms with Crippen molar-refractivity contribution < 1.29 is 9.90 Å². The second-order valence-corrected chi connectivity index (χ2v) is 5.68. The first kappa shape index (κ1) is 15.0. The van der Waals surface area contributed by atoms with Crippen LogP contribution < -0.4 is 0 Å². The molecule has 3 aromatic rings. The third kappa shape index (κ3) is 3.01. The standard InChI is InChI=1S/C17H18N4O2/c1-11-4-5-15(14-8-18-20(9-14)10-17(22)23)16(6-11)21-13(3)7-12(2)19-21/h4-9H,10H2,1-3H3,(H,22,23). The van der Waals surface area contributed by atoms with Gasteiger partial charge in [0.15, 0.2) is 0 Å². The molecule has 0 aliphatic rings. The van der Waals surface area contributed by atoms with Crippen molar-refractivity contribution in [1.82, 2.24) is 19.6 Å². The van der Waals surface area contributed by atoms with Crippen molar-refractivity contribution in [2.24, 2.45) is 0 Å². The molecule has 0 bridgehead atoms. The van der Waals surface area contributed by atoms with Crippen LogP contribution in [0.5, 0.6) is 0 Å². The predicted molar refractivity (Wildman–Crippen MR) is 86.6 cm³/mol. The van der Waals surface area contributed by atoms with Gasteiger partial charge in [-0.3, -0.25) is 9.48 Å². The van der Waals surface area contributed by atoms with Gasteiger partial charge in [-0.15, -0.1) is 0 Å². The molecule has 0 spiro atoms. The van der Waals surface area contributed by atoms with Crippen LogP contribution >= 0.6 is 0 Å². The van der Waals surface area contributed by atoms with Gasteiger partial charge >= 0.3 is 5.97 Å². The van der Waals surface area contributed by atoms with Crippen LogP contribution in [0.15, 0.2) is 36.7 Å². The minimum Gasteiger partial charge on any atom is -0.480 e. The van der Waals surface area contributed by atoms with Crippen molar-refractivity contribution >= 4 is 5.97 Å². The predicted octanol–water partition coefficient (Wildman–Crippen LogP) is 2.75. The molecule has 118 valence electrons. The summed E-state index contributed by atoms with van der Waals surface area (Å²) in [6, 6.07) is 8.14. The monoisotopic (exact) mass is 310 g/mol. The average molecular weight is 310 g/mol. The van der Waals surface area contributed by atoms with E-state index >= 15 is 0 Å². The molecule has 0 atom stereocenters. The molecule has 0 amide bonds. The van der Waals surface area contributed by atoms with Crippen molar-refractivity contribution in [1.29, 1.82) is 0 Å². The van der Waals surface area contributed by atoms with E-state index in [0.717, 1.165) is 33.8 Å². The maximum Gasteiger partial charge on any atom is 0.325 e. The number of hydrogen-bond donors (Lipinski definition) is 1. The number of aliphatic carboxylic acids is 1. The third-order valence-corrected chi connectivity index (χ3v) is 3.63. The Morgan fingerprint density at radius 2 is 2.00 bits per heavy atom. The third-order valence-electron chi connectivity index (χ3n) is 3.63.